The van der Waals surface area contributed by atoms with Gasteiger partial charge >= 0.3 is 6.18 Å². The summed E-state index contributed by atoms with van der Waals surface area (Å²) in [5, 5.41) is 10.8. The SMILES string of the molecule is O=C(C(=Cc1ccc(O)cc1)C(=O)C(F)(F)F)c1ccc2ccccc2c1. The van der Waals surface area contributed by atoms with Crippen LogP contribution in [0.15, 0.2) is 72.3 Å². The van der Waals surface area contributed by atoms with E-state index in [0.717, 1.165) is 11.5 Å². The summed E-state index contributed by atoms with van der Waals surface area (Å²) in [7, 11) is 0. The third-order valence-corrected chi connectivity index (χ3v) is 3.96. The van der Waals surface area contributed by atoms with Gasteiger partial charge in [0.25, 0.3) is 5.78 Å². The third-order valence-electron chi connectivity index (χ3n) is 3.96. The second-order valence-corrected chi connectivity index (χ2v) is 5.87. The monoisotopic (exact) mass is 370 g/mol. The van der Waals surface area contributed by atoms with Crippen LogP contribution in [0.3, 0.4) is 0 Å². The van der Waals surface area contributed by atoms with Crippen LogP contribution in [0.1, 0.15) is 15.9 Å². The standard InChI is InChI=1S/C21H13F3O3/c22-21(23,24)20(27)18(11-13-5-9-17(25)10-6-13)19(26)16-8-7-14-3-1-2-4-15(14)12-16/h1-12,25H. The first-order valence-electron chi connectivity index (χ1n) is 7.91. The molecule has 0 saturated heterocycles. The molecule has 0 fully saturated rings. The lowest BCUT2D eigenvalue weighted by Crippen LogP contribution is -2.28. The summed E-state index contributed by atoms with van der Waals surface area (Å²) in [6.45, 7) is 0. The highest BCUT2D eigenvalue weighted by Gasteiger charge is 2.43. The van der Waals surface area contributed by atoms with E-state index in [-0.39, 0.29) is 16.9 Å². The molecule has 136 valence electrons. The molecule has 1 N–H and O–H groups in total. The molecule has 0 aliphatic heterocycles. The number of alkyl halides is 3. The van der Waals surface area contributed by atoms with Gasteiger partial charge in [0.2, 0.25) is 0 Å². The van der Waals surface area contributed by atoms with Crippen molar-refractivity contribution < 1.29 is 27.9 Å². The fraction of sp³-hybridized carbons (Fsp3) is 0.0476. The Bertz CT molecular complexity index is 1050. The first-order valence-corrected chi connectivity index (χ1v) is 7.91. The van der Waals surface area contributed by atoms with E-state index in [1.54, 1.807) is 30.3 Å². The fourth-order valence-electron chi connectivity index (χ4n) is 2.61. The Hall–Kier alpha value is -3.41. The number of benzene rings is 3. The Kier molecular flexibility index (Phi) is 4.81. The van der Waals surface area contributed by atoms with Crippen molar-refractivity contribution in [2.24, 2.45) is 0 Å². The molecule has 0 atom stereocenters. The molecule has 3 aromatic rings. The molecule has 6 heteroatoms. The van der Waals surface area contributed by atoms with Gasteiger partial charge in [-0.2, -0.15) is 13.2 Å². The number of carbonyl (C=O) groups excluding carboxylic acids is 2. The van der Waals surface area contributed by atoms with Crippen molar-refractivity contribution in [1.29, 1.82) is 0 Å². The zero-order chi connectivity index (χ0) is 19.6. The van der Waals surface area contributed by atoms with Crippen LogP contribution in [0, 0.1) is 0 Å². The molecule has 0 aromatic heterocycles. The van der Waals surface area contributed by atoms with Crippen molar-refractivity contribution in [3.05, 3.63) is 83.4 Å². The molecule has 0 aliphatic rings. The Morgan fingerprint density at radius 1 is 0.852 bits per heavy atom. The van der Waals surface area contributed by atoms with E-state index >= 15 is 0 Å². The summed E-state index contributed by atoms with van der Waals surface area (Å²) >= 11 is 0. The highest BCUT2D eigenvalue weighted by molar-refractivity contribution is 6.30. The van der Waals surface area contributed by atoms with Crippen molar-refractivity contribution in [3.8, 4) is 5.75 Å². The predicted octanol–water partition coefficient (Wildman–Crippen LogP) is 4.94. The average Bonchev–Trinajstić information content (AvgIpc) is 2.65. The van der Waals surface area contributed by atoms with Crippen molar-refractivity contribution in [1.82, 2.24) is 0 Å². The lowest BCUT2D eigenvalue weighted by molar-refractivity contribution is -0.166. The Morgan fingerprint density at radius 3 is 2.11 bits per heavy atom. The minimum Gasteiger partial charge on any atom is -0.508 e. The van der Waals surface area contributed by atoms with E-state index < -0.39 is 23.3 Å². The molecule has 0 spiro atoms. The lowest BCUT2D eigenvalue weighted by atomic mass is 9.95. The molecule has 3 nitrogen and oxygen atoms in total. The largest absolute Gasteiger partial charge is 0.508 e. The first-order chi connectivity index (χ1) is 12.8. The van der Waals surface area contributed by atoms with Gasteiger partial charge in [0.15, 0.2) is 5.78 Å². The average molecular weight is 370 g/mol. The summed E-state index contributed by atoms with van der Waals surface area (Å²) in [5.41, 5.74) is -0.811. The number of carbonyl (C=O) groups is 2. The number of ketones is 2. The maximum absolute atomic E-state index is 13.0. The summed E-state index contributed by atoms with van der Waals surface area (Å²) in [6, 6.07) is 16.6. The zero-order valence-electron chi connectivity index (χ0n) is 13.8. The predicted molar refractivity (Wildman–Crippen MR) is 95.4 cm³/mol. The summed E-state index contributed by atoms with van der Waals surface area (Å²) < 4.78 is 39.0. The van der Waals surface area contributed by atoms with Gasteiger partial charge in [-0.3, -0.25) is 9.59 Å². The zero-order valence-corrected chi connectivity index (χ0v) is 13.8. The van der Waals surface area contributed by atoms with Crippen LogP contribution in [0.5, 0.6) is 5.75 Å². The Morgan fingerprint density at radius 2 is 1.48 bits per heavy atom. The van der Waals surface area contributed by atoms with Crippen LogP contribution in [-0.2, 0) is 4.79 Å². The van der Waals surface area contributed by atoms with E-state index in [0.29, 0.717) is 5.39 Å². The molecule has 0 amide bonds. The number of phenolic OH excluding ortho intramolecular Hbond substituents is 1. The molecule has 3 aromatic carbocycles. The molecule has 3 rings (SSSR count). The number of hydrogen-bond acceptors (Lipinski definition) is 3. The van der Waals surface area contributed by atoms with Gasteiger partial charge in [-0.15, -0.1) is 0 Å². The van der Waals surface area contributed by atoms with Crippen LogP contribution in [-0.4, -0.2) is 22.8 Å². The van der Waals surface area contributed by atoms with Gasteiger partial charge in [-0.25, -0.2) is 0 Å². The number of allylic oxidation sites excluding steroid dienone is 1. The molecule has 0 heterocycles. The number of hydrogen-bond donors (Lipinski definition) is 1. The van der Waals surface area contributed by atoms with Gasteiger partial charge in [0.05, 0.1) is 5.57 Å². The van der Waals surface area contributed by atoms with Crippen LogP contribution >= 0.6 is 0 Å². The number of Topliss-reactive ketones (excluding diaryl/α,β-unsaturated/α-hetero) is 2. The van der Waals surface area contributed by atoms with Gasteiger partial charge in [-0.05, 0) is 40.6 Å². The van der Waals surface area contributed by atoms with Crippen molar-refractivity contribution >= 4 is 28.4 Å². The smallest absolute Gasteiger partial charge is 0.455 e. The maximum Gasteiger partial charge on any atom is 0.455 e. The van der Waals surface area contributed by atoms with E-state index in [2.05, 4.69) is 0 Å². The summed E-state index contributed by atoms with van der Waals surface area (Å²) in [6.07, 6.45) is -4.30. The molecule has 0 aliphatic carbocycles. The molecule has 27 heavy (non-hydrogen) atoms. The normalized spacial score (nSPS) is 12.2. The number of fused-ring (bicyclic) bond motifs is 1. The maximum atomic E-state index is 13.0. The number of aromatic hydroxyl groups is 1. The van der Waals surface area contributed by atoms with Gasteiger partial charge in [-0.1, -0.05) is 48.5 Å². The second-order valence-electron chi connectivity index (χ2n) is 5.87. The molecule has 0 saturated carbocycles. The van der Waals surface area contributed by atoms with Crippen LogP contribution in [0.4, 0.5) is 13.2 Å². The topological polar surface area (TPSA) is 54.4 Å². The van der Waals surface area contributed by atoms with Crippen molar-refractivity contribution in [2.45, 2.75) is 6.18 Å². The molecule has 0 radical (unpaired) electrons. The van der Waals surface area contributed by atoms with Crippen LogP contribution < -0.4 is 0 Å². The highest BCUT2D eigenvalue weighted by atomic mass is 19.4. The van der Waals surface area contributed by atoms with E-state index in [4.69, 9.17) is 0 Å². The van der Waals surface area contributed by atoms with Crippen molar-refractivity contribution in [3.63, 3.8) is 0 Å². The first kappa shape index (κ1) is 18.4. The van der Waals surface area contributed by atoms with E-state index in [1.807, 2.05) is 0 Å². The molecule has 0 unspecified atom stereocenters. The van der Waals surface area contributed by atoms with Crippen LogP contribution in [0.25, 0.3) is 16.8 Å². The summed E-state index contributed by atoms with van der Waals surface area (Å²) in [4.78, 5) is 24.6. The van der Waals surface area contributed by atoms with Crippen LogP contribution in [0.2, 0.25) is 0 Å². The third kappa shape index (κ3) is 4.06. The Balaban J connectivity index is 2.09. The summed E-state index contributed by atoms with van der Waals surface area (Å²) in [5.74, 6) is -3.32. The lowest BCUT2D eigenvalue weighted by Gasteiger charge is -2.10. The number of phenols is 1. The number of halogens is 3. The minimum absolute atomic E-state index is 0.0173. The van der Waals surface area contributed by atoms with Crippen molar-refractivity contribution in [2.75, 3.05) is 0 Å². The second kappa shape index (κ2) is 7.07. The highest BCUT2D eigenvalue weighted by Crippen LogP contribution is 2.26. The van der Waals surface area contributed by atoms with E-state index in [1.165, 1.54) is 36.4 Å². The Labute approximate surface area is 152 Å². The molecular formula is C21H13F3O3. The quantitative estimate of drug-likeness (QED) is 0.306. The molecular weight excluding hydrogens is 357 g/mol. The van der Waals surface area contributed by atoms with E-state index in [9.17, 15) is 27.9 Å². The van der Waals surface area contributed by atoms with Gasteiger partial charge in [0, 0.05) is 5.56 Å². The molecule has 0 bridgehead atoms. The number of rotatable bonds is 4. The van der Waals surface area contributed by atoms with Gasteiger partial charge in [0.1, 0.15) is 5.75 Å². The minimum atomic E-state index is -5.19. The van der Waals surface area contributed by atoms with Gasteiger partial charge < -0.3 is 5.11 Å². The fourth-order valence-corrected chi connectivity index (χ4v) is 2.61.